The Labute approximate surface area is 340 Å². The number of ketones is 4. The van der Waals surface area contributed by atoms with Crippen molar-refractivity contribution in [1.29, 1.82) is 0 Å². The molecule has 0 heterocycles. The second kappa shape index (κ2) is 14.3. The van der Waals surface area contributed by atoms with Gasteiger partial charge in [-0.2, -0.15) is 0 Å². The summed E-state index contributed by atoms with van der Waals surface area (Å²) in [5.74, 6) is -2.76. The Morgan fingerprint density at radius 1 is 0.603 bits per heavy atom. The summed E-state index contributed by atoms with van der Waals surface area (Å²) in [6, 6.07) is 0. The highest BCUT2D eigenvalue weighted by Crippen LogP contribution is 2.69. The van der Waals surface area contributed by atoms with E-state index in [-0.39, 0.29) is 83.6 Å². The predicted octanol–water partition coefficient (Wildman–Crippen LogP) is 4.46. The molecule has 0 unspecified atom stereocenters. The van der Waals surface area contributed by atoms with E-state index >= 15 is 0 Å². The van der Waals surface area contributed by atoms with Gasteiger partial charge in [-0.15, -0.1) is 0 Å². The van der Waals surface area contributed by atoms with Crippen LogP contribution < -0.4 is 0 Å². The van der Waals surface area contributed by atoms with Crippen molar-refractivity contribution >= 4 is 35.1 Å². The van der Waals surface area contributed by atoms with Gasteiger partial charge in [0.25, 0.3) is 0 Å². The molecule has 0 aromatic rings. The average Bonchev–Trinajstić information content (AvgIpc) is 3.60. The average molecular weight is 807 g/mol. The Hall–Kier alpha value is -3.06. The summed E-state index contributed by atoms with van der Waals surface area (Å²) in [5.41, 5.74) is -3.88. The number of carbonyl (C=O) groups excluding carboxylic acids is 6. The number of Topliss-reactive ketones (excluding diaryl/α,β-unsaturated/α-hetero) is 2. The zero-order chi connectivity index (χ0) is 41.8. The smallest absolute Gasteiger partial charge is 0.306 e. The van der Waals surface area contributed by atoms with Crippen LogP contribution in [0.15, 0.2) is 23.3 Å². The van der Waals surface area contributed by atoms with Crippen LogP contribution >= 0.6 is 0 Å². The summed E-state index contributed by atoms with van der Waals surface area (Å²) in [7, 11) is 0. The lowest BCUT2D eigenvalue weighted by atomic mass is 9.45. The van der Waals surface area contributed by atoms with E-state index in [4.69, 9.17) is 9.47 Å². The second-order valence-electron chi connectivity index (χ2n) is 20.6. The van der Waals surface area contributed by atoms with Crippen LogP contribution in [0.2, 0.25) is 0 Å². The number of hydrogen-bond donors (Lipinski definition) is 4. The molecule has 318 valence electrons. The van der Waals surface area contributed by atoms with Gasteiger partial charge in [0, 0.05) is 23.7 Å². The van der Waals surface area contributed by atoms with Crippen molar-refractivity contribution in [2.24, 2.45) is 57.2 Å². The van der Waals surface area contributed by atoms with E-state index in [9.17, 15) is 49.2 Å². The molecule has 8 aliphatic rings. The van der Waals surface area contributed by atoms with Gasteiger partial charge in [0.15, 0.2) is 24.8 Å². The van der Waals surface area contributed by atoms with Crippen molar-refractivity contribution in [2.45, 2.75) is 154 Å². The molecule has 0 bridgehead atoms. The van der Waals surface area contributed by atoms with Gasteiger partial charge in [0.1, 0.15) is 11.2 Å². The summed E-state index contributed by atoms with van der Waals surface area (Å²) in [4.78, 5) is 77.3. The number of fused-ring (bicyclic) bond motifs is 10. The number of esters is 2. The first-order chi connectivity index (χ1) is 27.2. The zero-order valence-electron chi connectivity index (χ0n) is 34.6. The van der Waals surface area contributed by atoms with Gasteiger partial charge in [0.2, 0.25) is 11.6 Å². The molecular weight excluding hydrogens is 744 g/mol. The normalized spacial score (nSPS) is 46.6. The molecule has 0 spiro atoms. The number of rotatable bonds is 9. The van der Waals surface area contributed by atoms with E-state index in [1.54, 1.807) is 12.2 Å². The van der Waals surface area contributed by atoms with Gasteiger partial charge in [0.05, 0.1) is 25.0 Å². The number of aliphatic hydroxyl groups excluding tert-OH is 2. The first-order valence-corrected chi connectivity index (χ1v) is 21.9. The molecule has 6 fully saturated rings. The Morgan fingerprint density at radius 3 is 1.36 bits per heavy atom. The summed E-state index contributed by atoms with van der Waals surface area (Å²) in [6.45, 7) is 6.64. The van der Waals surface area contributed by atoms with Gasteiger partial charge in [-0.3, -0.25) is 28.8 Å². The highest BCUT2D eigenvalue weighted by atomic mass is 16.5. The van der Waals surface area contributed by atoms with E-state index < -0.39 is 83.8 Å². The molecule has 0 saturated heterocycles. The summed E-state index contributed by atoms with van der Waals surface area (Å²) in [6.07, 6.45) is 8.42. The third kappa shape index (κ3) is 6.03. The summed E-state index contributed by atoms with van der Waals surface area (Å²) in [5, 5.41) is 47.3. The van der Waals surface area contributed by atoms with Crippen molar-refractivity contribution in [1.82, 2.24) is 0 Å². The van der Waals surface area contributed by atoms with Crippen LogP contribution in [-0.4, -0.2) is 92.1 Å². The van der Waals surface area contributed by atoms with Gasteiger partial charge in [-0.25, -0.2) is 0 Å². The van der Waals surface area contributed by atoms with Crippen LogP contribution in [0.3, 0.4) is 0 Å². The monoisotopic (exact) mass is 806 g/mol. The molecule has 0 aliphatic heterocycles. The minimum Gasteiger partial charge on any atom is -0.458 e. The number of ether oxygens (including phenoxy) is 2. The predicted molar refractivity (Wildman–Crippen MR) is 207 cm³/mol. The maximum atomic E-state index is 13.7. The lowest BCUT2D eigenvalue weighted by molar-refractivity contribution is -0.185. The van der Waals surface area contributed by atoms with E-state index in [2.05, 4.69) is 13.8 Å². The fourth-order valence-corrected chi connectivity index (χ4v) is 15.2. The van der Waals surface area contributed by atoms with Gasteiger partial charge < -0.3 is 29.9 Å². The quantitative estimate of drug-likeness (QED) is 0.239. The SMILES string of the molecule is C[C@]12CCC(=O)C=C1CC[C@@H]1[C@@H]2[C@@H](O)C[C@@]2(C)[C@H]1CC[C@]2(O)C(=O)COC(=O)CCC(=O)OCC(=O)[C@]1(O)CC[C@@H]2[C@H]3CCC4=CC(=O)CC[C@@]4(C)[C@@H]3[C@H](O)C[C@]21C. The molecule has 4 N–H and O–H groups in total. The molecule has 6 saturated carbocycles. The largest absolute Gasteiger partial charge is 0.458 e. The molecule has 8 aliphatic carbocycles. The molecular formula is C46H62O12. The molecule has 14 atom stereocenters. The molecule has 0 radical (unpaired) electrons. The number of allylic oxidation sites excluding steroid dienone is 2. The van der Waals surface area contributed by atoms with Crippen molar-refractivity contribution in [3.8, 4) is 0 Å². The lowest BCUT2D eigenvalue weighted by Crippen LogP contribution is -2.62. The van der Waals surface area contributed by atoms with Crippen LogP contribution in [0.4, 0.5) is 0 Å². The minimum atomic E-state index is -1.81. The topological polar surface area (TPSA) is 202 Å². The molecule has 0 aromatic carbocycles. The van der Waals surface area contributed by atoms with E-state index in [0.717, 1.165) is 36.8 Å². The fourth-order valence-electron chi connectivity index (χ4n) is 15.2. The maximum absolute atomic E-state index is 13.7. The number of hydrogen-bond acceptors (Lipinski definition) is 12. The molecule has 12 nitrogen and oxygen atoms in total. The van der Waals surface area contributed by atoms with Crippen molar-refractivity contribution in [3.05, 3.63) is 23.3 Å². The van der Waals surface area contributed by atoms with Crippen LogP contribution in [0, 0.1) is 57.2 Å². The fraction of sp³-hybridized carbons (Fsp3) is 0.783. The maximum Gasteiger partial charge on any atom is 0.306 e. The number of carbonyl (C=O) groups is 6. The number of aliphatic hydroxyl groups is 4. The standard InChI is InChI=1S/C46H62O12/c1-41-15-11-27(47)19-25(41)5-7-29-31-13-17-45(55,43(31,3)21-33(49)39(29)41)35(51)23-57-37(53)9-10-38(54)58-24-36(52)46(56)18-14-32-30-8-6-26-20-28(48)12-16-42(26,2)40(30)34(50)22-44(32,46)4/h19-20,29-34,39-40,49-50,55-56H,5-18,21-24H2,1-4H3/t29-,30+,31-,32+,33-,34+,39+,40-,41-,42+,43-,44+,45-,46+. The minimum absolute atomic E-state index is 0.0270. The second-order valence-corrected chi connectivity index (χ2v) is 20.6. The van der Waals surface area contributed by atoms with Crippen LogP contribution in [0.25, 0.3) is 0 Å². The summed E-state index contributed by atoms with van der Waals surface area (Å²) < 4.78 is 10.5. The van der Waals surface area contributed by atoms with Crippen molar-refractivity contribution in [3.63, 3.8) is 0 Å². The van der Waals surface area contributed by atoms with Crippen molar-refractivity contribution < 1.29 is 58.7 Å². The Bertz CT molecular complexity index is 1730. The lowest BCUT2D eigenvalue weighted by Gasteiger charge is -2.60. The third-order valence-electron chi connectivity index (χ3n) is 18.3. The van der Waals surface area contributed by atoms with Crippen LogP contribution in [0.5, 0.6) is 0 Å². The van der Waals surface area contributed by atoms with Gasteiger partial charge in [-0.1, -0.05) is 38.8 Å². The highest BCUT2D eigenvalue weighted by Gasteiger charge is 2.70. The Morgan fingerprint density at radius 2 is 0.983 bits per heavy atom. The first kappa shape index (κ1) is 41.7. The Balaban J connectivity index is 0.827. The Kier molecular flexibility index (Phi) is 10.2. The zero-order valence-corrected chi connectivity index (χ0v) is 34.6. The molecule has 0 aromatic heterocycles. The van der Waals surface area contributed by atoms with Crippen LogP contribution in [-0.2, 0) is 38.2 Å². The van der Waals surface area contributed by atoms with E-state index in [1.165, 1.54) is 0 Å². The summed E-state index contributed by atoms with van der Waals surface area (Å²) >= 11 is 0. The molecule has 0 amide bonds. The first-order valence-electron chi connectivity index (χ1n) is 21.9. The van der Waals surface area contributed by atoms with E-state index in [1.807, 2.05) is 13.8 Å². The molecule has 8 rings (SSSR count). The van der Waals surface area contributed by atoms with Crippen molar-refractivity contribution in [2.75, 3.05) is 13.2 Å². The van der Waals surface area contributed by atoms with E-state index in [0.29, 0.717) is 38.5 Å². The van der Waals surface area contributed by atoms with Gasteiger partial charge in [-0.05, 0) is 136 Å². The van der Waals surface area contributed by atoms with Gasteiger partial charge >= 0.3 is 11.9 Å². The molecule has 58 heavy (non-hydrogen) atoms. The van der Waals surface area contributed by atoms with Crippen LogP contribution in [0.1, 0.15) is 130 Å². The third-order valence-corrected chi connectivity index (χ3v) is 18.3. The highest BCUT2D eigenvalue weighted by molar-refractivity contribution is 5.93. The molecule has 12 heteroatoms.